The Morgan fingerprint density at radius 1 is 1.00 bits per heavy atom. The van der Waals surface area contributed by atoms with Crippen molar-refractivity contribution < 1.29 is 13.2 Å². The van der Waals surface area contributed by atoms with E-state index in [0.29, 0.717) is 13.0 Å². The van der Waals surface area contributed by atoms with Crippen molar-refractivity contribution in [1.29, 1.82) is 0 Å². The van der Waals surface area contributed by atoms with Crippen molar-refractivity contribution in [3.63, 3.8) is 0 Å². The third-order valence-corrected chi connectivity index (χ3v) is 5.73. The molecule has 2 N–H and O–H groups in total. The van der Waals surface area contributed by atoms with Crippen LogP contribution in [0.3, 0.4) is 0 Å². The molecule has 2 aromatic carbocycles. The van der Waals surface area contributed by atoms with Gasteiger partial charge in [-0.15, -0.1) is 0 Å². The first kappa shape index (κ1) is 17.6. The molecule has 25 heavy (non-hydrogen) atoms. The van der Waals surface area contributed by atoms with E-state index in [2.05, 4.69) is 10.0 Å². The van der Waals surface area contributed by atoms with Gasteiger partial charge in [0.25, 0.3) is 10.2 Å². The summed E-state index contributed by atoms with van der Waals surface area (Å²) in [6.07, 6.45) is 0.346. The highest BCUT2D eigenvalue weighted by Gasteiger charge is 2.37. The van der Waals surface area contributed by atoms with Gasteiger partial charge in [0.2, 0.25) is 5.91 Å². The van der Waals surface area contributed by atoms with Crippen molar-refractivity contribution in [2.24, 2.45) is 0 Å². The molecule has 1 aliphatic rings. The van der Waals surface area contributed by atoms with Gasteiger partial charge in [-0.3, -0.25) is 4.79 Å². The summed E-state index contributed by atoms with van der Waals surface area (Å²) >= 11 is 0. The average molecular weight is 359 g/mol. The molecule has 0 aromatic heterocycles. The molecule has 0 saturated carbocycles. The van der Waals surface area contributed by atoms with Gasteiger partial charge < -0.3 is 5.32 Å². The van der Waals surface area contributed by atoms with Gasteiger partial charge in [0, 0.05) is 19.6 Å². The van der Waals surface area contributed by atoms with Crippen molar-refractivity contribution in [2.75, 3.05) is 13.1 Å². The predicted octanol–water partition coefficient (Wildman–Crippen LogP) is 1.06. The van der Waals surface area contributed by atoms with E-state index in [1.165, 1.54) is 4.31 Å². The number of nitrogens with zero attached hydrogens (tertiary/aromatic N) is 1. The van der Waals surface area contributed by atoms with Crippen LogP contribution in [0.15, 0.2) is 60.7 Å². The number of carbonyl (C=O) groups is 1. The normalized spacial score (nSPS) is 18.7. The van der Waals surface area contributed by atoms with Gasteiger partial charge in [-0.1, -0.05) is 60.7 Å². The smallest absolute Gasteiger partial charge is 0.280 e. The van der Waals surface area contributed by atoms with Gasteiger partial charge in [-0.05, 0) is 17.5 Å². The SMILES string of the molecule is O=C1NCCN(S(=O)(=O)NCc2ccccc2)C1Cc1ccccc1. The van der Waals surface area contributed by atoms with Gasteiger partial charge in [-0.25, -0.2) is 0 Å². The van der Waals surface area contributed by atoms with Crippen LogP contribution >= 0.6 is 0 Å². The fourth-order valence-electron chi connectivity index (χ4n) is 2.87. The summed E-state index contributed by atoms with van der Waals surface area (Å²) in [5.74, 6) is -0.264. The topological polar surface area (TPSA) is 78.5 Å². The second-order valence-electron chi connectivity index (χ2n) is 5.92. The van der Waals surface area contributed by atoms with E-state index in [1.54, 1.807) is 0 Å². The minimum Gasteiger partial charge on any atom is -0.353 e. The minimum atomic E-state index is -3.76. The Kier molecular flexibility index (Phi) is 5.47. The average Bonchev–Trinajstić information content (AvgIpc) is 2.63. The van der Waals surface area contributed by atoms with Crippen LogP contribution in [-0.2, 0) is 28.0 Å². The van der Waals surface area contributed by atoms with Gasteiger partial charge in [0.1, 0.15) is 6.04 Å². The summed E-state index contributed by atoms with van der Waals surface area (Å²) in [5.41, 5.74) is 1.79. The fraction of sp³-hybridized carbons (Fsp3) is 0.278. The number of hydrogen-bond donors (Lipinski definition) is 2. The maximum absolute atomic E-state index is 12.7. The summed E-state index contributed by atoms with van der Waals surface area (Å²) in [6.45, 7) is 0.767. The maximum atomic E-state index is 12.7. The van der Waals surface area contributed by atoms with Crippen LogP contribution in [0.1, 0.15) is 11.1 Å². The zero-order chi connectivity index (χ0) is 17.7. The molecular formula is C18H21N3O3S. The van der Waals surface area contributed by atoms with Gasteiger partial charge in [-0.2, -0.15) is 17.4 Å². The molecule has 132 valence electrons. The molecule has 1 atom stereocenters. The minimum absolute atomic E-state index is 0.194. The number of amides is 1. The van der Waals surface area contributed by atoms with E-state index in [9.17, 15) is 13.2 Å². The number of hydrogen-bond acceptors (Lipinski definition) is 3. The monoisotopic (exact) mass is 359 g/mol. The van der Waals surface area contributed by atoms with Crippen LogP contribution < -0.4 is 10.0 Å². The highest BCUT2D eigenvalue weighted by atomic mass is 32.2. The highest BCUT2D eigenvalue weighted by molar-refractivity contribution is 7.87. The van der Waals surface area contributed by atoms with Crippen molar-refractivity contribution in [3.8, 4) is 0 Å². The van der Waals surface area contributed by atoms with Crippen LogP contribution in [-0.4, -0.2) is 37.8 Å². The van der Waals surface area contributed by atoms with Gasteiger partial charge in [0.15, 0.2) is 0 Å². The molecule has 6 nitrogen and oxygen atoms in total. The molecule has 0 radical (unpaired) electrons. The predicted molar refractivity (Wildman–Crippen MR) is 95.9 cm³/mol. The molecule has 1 fully saturated rings. The Hall–Kier alpha value is -2.22. The van der Waals surface area contributed by atoms with E-state index in [0.717, 1.165) is 11.1 Å². The Morgan fingerprint density at radius 3 is 2.24 bits per heavy atom. The lowest BCUT2D eigenvalue weighted by atomic mass is 10.0. The van der Waals surface area contributed by atoms with Crippen LogP contribution in [0, 0.1) is 0 Å². The first-order valence-corrected chi connectivity index (χ1v) is 9.62. The van der Waals surface area contributed by atoms with Crippen LogP contribution in [0.4, 0.5) is 0 Å². The van der Waals surface area contributed by atoms with Gasteiger partial charge >= 0.3 is 0 Å². The number of piperazine rings is 1. The molecule has 0 bridgehead atoms. The van der Waals surface area contributed by atoms with Crippen molar-refractivity contribution >= 4 is 16.1 Å². The zero-order valence-electron chi connectivity index (χ0n) is 13.8. The Bertz CT molecular complexity index is 810. The molecule has 7 heteroatoms. The van der Waals surface area contributed by atoms with E-state index in [-0.39, 0.29) is 19.0 Å². The molecule has 1 amide bonds. The second kappa shape index (κ2) is 7.77. The molecule has 3 rings (SSSR count). The lowest BCUT2D eigenvalue weighted by Crippen LogP contribution is -2.60. The summed E-state index contributed by atoms with van der Waals surface area (Å²) in [4.78, 5) is 12.3. The maximum Gasteiger partial charge on any atom is 0.280 e. The van der Waals surface area contributed by atoms with Crippen molar-refractivity contribution in [2.45, 2.75) is 19.0 Å². The molecule has 1 saturated heterocycles. The quantitative estimate of drug-likeness (QED) is 0.810. The second-order valence-corrected chi connectivity index (χ2v) is 7.63. The summed E-state index contributed by atoms with van der Waals surface area (Å²) in [6, 6.07) is 18.0. The lowest BCUT2D eigenvalue weighted by Gasteiger charge is -2.34. The van der Waals surface area contributed by atoms with Gasteiger partial charge in [0.05, 0.1) is 0 Å². The first-order chi connectivity index (χ1) is 12.1. The Labute approximate surface area is 148 Å². The number of nitrogens with one attached hydrogen (secondary N) is 2. The third kappa shape index (κ3) is 4.45. The number of rotatable bonds is 6. The molecule has 2 aromatic rings. The molecule has 0 spiro atoms. The zero-order valence-corrected chi connectivity index (χ0v) is 14.6. The van der Waals surface area contributed by atoms with Crippen LogP contribution in [0.25, 0.3) is 0 Å². The summed E-state index contributed by atoms with van der Waals surface area (Å²) in [7, 11) is -3.76. The summed E-state index contributed by atoms with van der Waals surface area (Å²) < 4.78 is 29.3. The van der Waals surface area contributed by atoms with E-state index in [4.69, 9.17) is 0 Å². The van der Waals surface area contributed by atoms with Crippen LogP contribution in [0.5, 0.6) is 0 Å². The molecule has 1 aliphatic heterocycles. The molecule has 0 aliphatic carbocycles. The third-order valence-electron chi connectivity index (χ3n) is 4.16. The van der Waals surface area contributed by atoms with E-state index in [1.807, 2.05) is 60.7 Å². The van der Waals surface area contributed by atoms with E-state index >= 15 is 0 Å². The van der Waals surface area contributed by atoms with Crippen LogP contribution in [0.2, 0.25) is 0 Å². The lowest BCUT2D eigenvalue weighted by molar-refractivity contribution is -0.126. The highest BCUT2D eigenvalue weighted by Crippen LogP contribution is 2.15. The molecule has 1 heterocycles. The number of benzene rings is 2. The Balaban J connectivity index is 1.75. The molecule has 1 unspecified atom stereocenters. The fourth-order valence-corrected chi connectivity index (χ4v) is 4.22. The summed E-state index contributed by atoms with van der Waals surface area (Å²) in [5, 5.41) is 2.76. The van der Waals surface area contributed by atoms with Crippen molar-refractivity contribution in [3.05, 3.63) is 71.8 Å². The Morgan fingerprint density at radius 2 is 1.60 bits per heavy atom. The van der Waals surface area contributed by atoms with Crippen molar-refractivity contribution in [1.82, 2.24) is 14.3 Å². The standard InChI is InChI=1S/C18H21N3O3S/c22-18-17(13-15-7-3-1-4-8-15)21(12-11-19-18)25(23,24)20-14-16-9-5-2-6-10-16/h1-10,17,20H,11-14H2,(H,19,22). The first-order valence-electron chi connectivity index (χ1n) is 8.18. The van der Waals surface area contributed by atoms with E-state index < -0.39 is 16.3 Å². The number of carbonyl (C=O) groups excluding carboxylic acids is 1. The molecular weight excluding hydrogens is 338 g/mol. The largest absolute Gasteiger partial charge is 0.353 e.